The first-order chi connectivity index (χ1) is 12.2. The Balaban J connectivity index is 1.25. The minimum atomic E-state index is 0.299. The molecule has 4 rings (SSSR count). The Bertz CT molecular complexity index is 724. The first-order valence-corrected chi connectivity index (χ1v) is 9.03. The zero-order valence-electron chi connectivity index (χ0n) is 14.6. The van der Waals surface area contributed by atoms with Crippen LogP contribution in [0.25, 0.3) is 0 Å². The topological polar surface area (TPSA) is 62.5 Å². The molecule has 25 heavy (non-hydrogen) atoms. The number of aryl methyl sites for hydroxylation is 1. The predicted molar refractivity (Wildman–Crippen MR) is 92.8 cm³/mol. The number of carbonyl (C=O) groups excluding carboxylic acids is 1. The summed E-state index contributed by atoms with van der Waals surface area (Å²) in [6.45, 7) is 5.80. The molecule has 0 spiro atoms. The van der Waals surface area contributed by atoms with Crippen LogP contribution in [0, 0.1) is 12.8 Å². The largest absolute Gasteiger partial charge is 0.340 e. The average Bonchev–Trinajstić information content (AvgIpc) is 3.20. The van der Waals surface area contributed by atoms with Crippen molar-refractivity contribution >= 4 is 5.91 Å². The second-order valence-corrected chi connectivity index (χ2v) is 7.13. The Morgan fingerprint density at radius 2 is 1.84 bits per heavy atom. The molecule has 0 atom stereocenters. The van der Waals surface area contributed by atoms with Gasteiger partial charge in [-0.3, -0.25) is 9.69 Å². The van der Waals surface area contributed by atoms with E-state index in [0.29, 0.717) is 30.7 Å². The highest BCUT2D eigenvalue weighted by atomic mass is 16.5. The summed E-state index contributed by atoms with van der Waals surface area (Å²) in [4.78, 5) is 21.2. The molecular formula is C19H24N4O2. The van der Waals surface area contributed by atoms with E-state index in [1.165, 1.54) is 11.1 Å². The van der Waals surface area contributed by atoms with Crippen LogP contribution in [0.2, 0.25) is 0 Å². The van der Waals surface area contributed by atoms with Crippen LogP contribution in [0.1, 0.15) is 29.3 Å². The predicted octanol–water partition coefficient (Wildman–Crippen LogP) is 1.83. The third-order valence-corrected chi connectivity index (χ3v) is 5.26. The van der Waals surface area contributed by atoms with Crippen molar-refractivity contribution in [1.29, 1.82) is 0 Å². The summed E-state index contributed by atoms with van der Waals surface area (Å²) < 4.78 is 5.01. The van der Waals surface area contributed by atoms with E-state index in [0.717, 1.165) is 44.8 Å². The van der Waals surface area contributed by atoms with Crippen molar-refractivity contribution in [1.82, 2.24) is 19.9 Å². The molecule has 1 aliphatic carbocycles. The highest BCUT2D eigenvalue weighted by molar-refractivity contribution is 5.76. The minimum absolute atomic E-state index is 0.299. The fourth-order valence-electron chi connectivity index (χ4n) is 3.93. The molecule has 0 radical (unpaired) electrons. The second kappa shape index (κ2) is 6.96. The molecule has 1 aromatic heterocycles. The van der Waals surface area contributed by atoms with Gasteiger partial charge in [0.25, 0.3) is 0 Å². The van der Waals surface area contributed by atoms with Gasteiger partial charge in [-0.2, -0.15) is 4.98 Å². The molecule has 2 heterocycles. The average molecular weight is 340 g/mol. The van der Waals surface area contributed by atoms with Gasteiger partial charge in [0.15, 0.2) is 5.82 Å². The summed E-state index contributed by atoms with van der Waals surface area (Å²) in [5.41, 5.74) is 2.83. The van der Waals surface area contributed by atoms with Crippen molar-refractivity contribution in [2.24, 2.45) is 5.92 Å². The maximum absolute atomic E-state index is 12.6. The Morgan fingerprint density at radius 3 is 2.44 bits per heavy atom. The Labute approximate surface area is 147 Å². The molecule has 1 aromatic carbocycles. The fraction of sp³-hybridized carbons (Fsp3) is 0.526. The van der Waals surface area contributed by atoms with Crippen molar-refractivity contribution in [3.8, 4) is 0 Å². The first-order valence-electron chi connectivity index (χ1n) is 9.03. The Morgan fingerprint density at radius 1 is 1.16 bits per heavy atom. The molecule has 2 aliphatic rings. The van der Waals surface area contributed by atoms with Crippen LogP contribution in [-0.2, 0) is 24.2 Å². The number of rotatable bonds is 4. The van der Waals surface area contributed by atoms with Crippen LogP contribution in [0.5, 0.6) is 0 Å². The van der Waals surface area contributed by atoms with Gasteiger partial charge >= 0.3 is 0 Å². The summed E-state index contributed by atoms with van der Waals surface area (Å²) in [7, 11) is 0. The van der Waals surface area contributed by atoms with Crippen LogP contribution in [-0.4, -0.2) is 52.0 Å². The lowest BCUT2D eigenvalue weighted by atomic mass is 10.0. The van der Waals surface area contributed by atoms with Gasteiger partial charge in [-0.25, -0.2) is 0 Å². The van der Waals surface area contributed by atoms with E-state index >= 15 is 0 Å². The molecule has 6 nitrogen and oxygen atoms in total. The number of aromatic nitrogens is 2. The van der Waals surface area contributed by atoms with Gasteiger partial charge in [0.2, 0.25) is 11.8 Å². The number of amides is 1. The van der Waals surface area contributed by atoms with Crippen molar-refractivity contribution < 1.29 is 9.32 Å². The summed E-state index contributed by atoms with van der Waals surface area (Å²) >= 11 is 0. The van der Waals surface area contributed by atoms with Crippen LogP contribution in [0.3, 0.4) is 0 Å². The number of hydrogen-bond donors (Lipinski definition) is 0. The molecular weight excluding hydrogens is 316 g/mol. The maximum Gasteiger partial charge on any atom is 0.223 e. The third-order valence-electron chi connectivity index (χ3n) is 5.26. The lowest BCUT2D eigenvalue weighted by molar-refractivity contribution is -0.134. The lowest BCUT2D eigenvalue weighted by Crippen LogP contribution is -2.48. The normalized spacial score (nSPS) is 18.5. The van der Waals surface area contributed by atoms with E-state index in [1.54, 1.807) is 6.92 Å². The van der Waals surface area contributed by atoms with E-state index in [4.69, 9.17) is 4.52 Å². The van der Waals surface area contributed by atoms with Crippen LogP contribution >= 0.6 is 0 Å². The highest BCUT2D eigenvalue weighted by Crippen LogP contribution is 2.29. The van der Waals surface area contributed by atoms with Crippen molar-refractivity contribution in [2.45, 2.75) is 32.7 Å². The van der Waals surface area contributed by atoms with Crippen molar-refractivity contribution in [2.75, 3.05) is 26.2 Å². The molecule has 2 aromatic rings. The molecule has 0 N–H and O–H groups in total. The standard InChI is InChI=1S/C19H24N4O2/c1-14-20-18(21-25-14)13-22-6-8-23(9-7-22)19(24)12-15-10-16-4-2-3-5-17(16)11-15/h2-5,15H,6-13H2,1H3. The summed E-state index contributed by atoms with van der Waals surface area (Å²) in [5.74, 6) is 2.08. The minimum Gasteiger partial charge on any atom is -0.340 e. The van der Waals surface area contributed by atoms with E-state index in [-0.39, 0.29) is 0 Å². The molecule has 1 amide bonds. The SMILES string of the molecule is Cc1nc(CN2CCN(C(=O)CC3Cc4ccccc4C3)CC2)no1. The fourth-order valence-corrected chi connectivity index (χ4v) is 3.93. The van der Waals surface area contributed by atoms with Crippen molar-refractivity contribution in [3.05, 3.63) is 47.1 Å². The van der Waals surface area contributed by atoms with Crippen LogP contribution < -0.4 is 0 Å². The molecule has 6 heteroatoms. The molecule has 132 valence electrons. The van der Waals surface area contributed by atoms with Crippen LogP contribution in [0.15, 0.2) is 28.8 Å². The van der Waals surface area contributed by atoms with E-state index in [2.05, 4.69) is 39.3 Å². The zero-order chi connectivity index (χ0) is 17.2. The van der Waals surface area contributed by atoms with E-state index in [1.807, 2.05) is 4.90 Å². The Hall–Kier alpha value is -2.21. The van der Waals surface area contributed by atoms with Gasteiger partial charge in [-0.05, 0) is 29.9 Å². The van der Waals surface area contributed by atoms with Gasteiger partial charge in [0.1, 0.15) is 0 Å². The van der Waals surface area contributed by atoms with Crippen molar-refractivity contribution in [3.63, 3.8) is 0 Å². The van der Waals surface area contributed by atoms with E-state index in [9.17, 15) is 4.79 Å². The number of piperazine rings is 1. The quantitative estimate of drug-likeness (QED) is 0.850. The monoisotopic (exact) mass is 340 g/mol. The molecule has 1 aliphatic heterocycles. The van der Waals surface area contributed by atoms with E-state index < -0.39 is 0 Å². The zero-order valence-corrected chi connectivity index (χ0v) is 14.6. The highest BCUT2D eigenvalue weighted by Gasteiger charge is 2.27. The lowest BCUT2D eigenvalue weighted by Gasteiger charge is -2.34. The molecule has 0 unspecified atom stereocenters. The van der Waals surface area contributed by atoms with Crippen LogP contribution in [0.4, 0.5) is 0 Å². The molecule has 0 bridgehead atoms. The second-order valence-electron chi connectivity index (χ2n) is 7.13. The van der Waals surface area contributed by atoms with Gasteiger partial charge in [-0.15, -0.1) is 0 Å². The molecule has 0 saturated carbocycles. The van der Waals surface area contributed by atoms with Gasteiger partial charge in [0.05, 0.1) is 6.54 Å². The maximum atomic E-state index is 12.6. The third kappa shape index (κ3) is 3.74. The summed E-state index contributed by atoms with van der Waals surface area (Å²) in [5, 5.41) is 3.94. The Kier molecular flexibility index (Phi) is 4.53. The number of hydrogen-bond acceptors (Lipinski definition) is 5. The summed E-state index contributed by atoms with van der Waals surface area (Å²) in [6.07, 6.45) is 2.75. The molecule has 1 saturated heterocycles. The number of benzene rings is 1. The summed E-state index contributed by atoms with van der Waals surface area (Å²) in [6, 6.07) is 8.57. The first kappa shape index (κ1) is 16.3. The number of carbonyl (C=O) groups is 1. The molecule has 1 fully saturated rings. The van der Waals surface area contributed by atoms with Gasteiger partial charge in [0, 0.05) is 39.5 Å². The van der Waals surface area contributed by atoms with Gasteiger partial charge < -0.3 is 9.42 Å². The smallest absolute Gasteiger partial charge is 0.223 e. The van der Waals surface area contributed by atoms with Gasteiger partial charge in [-0.1, -0.05) is 29.4 Å². The number of fused-ring (bicyclic) bond motifs is 1. The number of nitrogens with zero attached hydrogens (tertiary/aromatic N) is 4.